The van der Waals surface area contributed by atoms with Crippen LogP contribution >= 0.6 is 0 Å². The van der Waals surface area contributed by atoms with Crippen molar-refractivity contribution in [3.05, 3.63) is 18.0 Å². The SMILES string of the molecule is CCN1CCCC1CN(C)c1nccc(C(=O)O)n1. The molecule has 1 aliphatic heterocycles. The van der Waals surface area contributed by atoms with E-state index < -0.39 is 5.97 Å². The van der Waals surface area contributed by atoms with Crippen molar-refractivity contribution in [2.24, 2.45) is 0 Å². The first-order valence-corrected chi connectivity index (χ1v) is 6.63. The number of rotatable bonds is 5. The van der Waals surface area contributed by atoms with Gasteiger partial charge in [-0.15, -0.1) is 0 Å². The highest BCUT2D eigenvalue weighted by atomic mass is 16.4. The normalized spacial score (nSPS) is 19.6. The van der Waals surface area contributed by atoms with E-state index in [-0.39, 0.29) is 5.69 Å². The Morgan fingerprint density at radius 1 is 1.63 bits per heavy atom. The molecule has 0 saturated carbocycles. The van der Waals surface area contributed by atoms with Gasteiger partial charge < -0.3 is 10.0 Å². The number of anilines is 1. The van der Waals surface area contributed by atoms with Gasteiger partial charge in [-0.2, -0.15) is 0 Å². The van der Waals surface area contributed by atoms with E-state index in [9.17, 15) is 4.79 Å². The van der Waals surface area contributed by atoms with Gasteiger partial charge in [0.05, 0.1) is 0 Å². The molecule has 1 unspecified atom stereocenters. The van der Waals surface area contributed by atoms with Crippen LogP contribution in [0, 0.1) is 0 Å². The molecule has 0 aromatic carbocycles. The standard InChI is InChI=1S/C13H20N4O2/c1-3-17-8-4-5-10(17)9-16(2)13-14-7-6-11(15-13)12(18)19/h6-7,10H,3-5,8-9H2,1-2H3,(H,18,19). The van der Waals surface area contributed by atoms with Gasteiger partial charge in [0.25, 0.3) is 0 Å². The third-order valence-electron chi connectivity index (χ3n) is 3.59. The van der Waals surface area contributed by atoms with Crippen molar-refractivity contribution in [1.82, 2.24) is 14.9 Å². The molecule has 0 radical (unpaired) electrons. The van der Waals surface area contributed by atoms with Gasteiger partial charge in [0.2, 0.25) is 5.95 Å². The molecular weight excluding hydrogens is 244 g/mol. The highest BCUT2D eigenvalue weighted by Crippen LogP contribution is 2.18. The summed E-state index contributed by atoms with van der Waals surface area (Å²) in [7, 11) is 1.91. The summed E-state index contributed by atoms with van der Waals surface area (Å²) in [5.41, 5.74) is 0.0376. The molecule has 104 valence electrons. The van der Waals surface area contributed by atoms with Crippen molar-refractivity contribution in [1.29, 1.82) is 0 Å². The summed E-state index contributed by atoms with van der Waals surface area (Å²) in [6, 6.07) is 1.92. The third kappa shape index (κ3) is 3.20. The van der Waals surface area contributed by atoms with E-state index in [1.807, 2.05) is 11.9 Å². The lowest BCUT2D eigenvalue weighted by Crippen LogP contribution is -2.39. The van der Waals surface area contributed by atoms with Gasteiger partial charge in [-0.05, 0) is 32.0 Å². The zero-order chi connectivity index (χ0) is 13.8. The van der Waals surface area contributed by atoms with Crippen LogP contribution < -0.4 is 4.90 Å². The summed E-state index contributed by atoms with van der Waals surface area (Å²) in [4.78, 5) is 23.5. The van der Waals surface area contributed by atoms with Crippen molar-refractivity contribution in [2.75, 3.05) is 31.6 Å². The molecular formula is C13H20N4O2. The van der Waals surface area contributed by atoms with Crippen LogP contribution in [-0.2, 0) is 0 Å². The molecule has 0 amide bonds. The van der Waals surface area contributed by atoms with Crippen molar-refractivity contribution in [3.63, 3.8) is 0 Å². The predicted octanol–water partition coefficient (Wildman–Crippen LogP) is 1.10. The fourth-order valence-corrected chi connectivity index (χ4v) is 2.57. The number of aromatic nitrogens is 2. The van der Waals surface area contributed by atoms with Gasteiger partial charge in [0.1, 0.15) is 0 Å². The lowest BCUT2D eigenvalue weighted by molar-refractivity contribution is 0.0690. The lowest BCUT2D eigenvalue weighted by atomic mass is 10.2. The minimum atomic E-state index is -1.02. The molecule has 0 bridgehead atoms. The Balaban J connectivity index is 2.05. The first-order valence-electron chi connectivity index (χ1n) is 6.63. The topological polar surface area (TPSA) is 69.6 Å². The minimum absolute atomic E-state index is 0.0376. The lowest BCUT2D eigenvalue weighted by Gasteiger charge is -2.27. The number of carboxylic acids is 1. The maximum atomic E-state index is 10.9. The number of nitrogens with zero attached hydrogens (tertiary/aromatic N) is 4. The van der Waals surface area contributed by atoms with Crippen molar-refractivity contribution >= 4 is 11.9 Å². The molecule has 1 aromatic heterocycles. The second-order valence-electron chi connectivity index (χ2n) is 4.85. The maximum absolute atomic E-state index is 10.9. The quantitative estimate of drug-likeness (QED) is 0.858. The van der Waals surface area contributed by atoms with Crippen LogP contribution in [0.15, 0.2) is 12.3 Å². The van der Waals surface area contributed by atoms with E-state index in [2.05, 4.69) is 21.8 Å². The number of carboxylic acid groups (broad SMARTS) is 1. The summed E-state index contributed by atoms with van der Waals surface area (Å²) >= 11 is 0. The third-order valence-corrected chi connectivity index (χ3v) is 3.59. The van der Waals surface area contributed by atoms with E-state index >= 15 is 0 Å². The number of hydrogen-bond donors (Lipinski definition) is 1. The molecule has 2 heterocycles. The zero-order valence-electron chi connectivity index (χ0n) is 11.4. The smallest absolute Gasteiger partial charge is 0.354 e. The first-order chi connectivity index (χ1) is 9.11. The van der Waals surface area contributed by atoms with Gasteiger partial charge in [-0.1, -0.05) is 6.92 Å². The molecule has 6 nitrogen and oxygen atoms in total. The second kappa shape index (κ2) is 5.97. The van der Waals surface area contributed by atoms with Crippen LogP contribution in [0.4, 0.5) is 5.95 Å². The summed E-state index contributed by atoms with van der Waals surface area (Å²) in [6.07, 6.45) is 3.90. The van der Waals surface area contributed by atoms with Crippen LogP contribution in [0.3, 0.4) is 0 Å². The van der Waals surface area contributed by atoms with E-state index in [4.69, 9.17) is 5.11 Å². The van der Waals surface area contributed by atoms with Crippen LogP contribution in [0.25, 0.3) is 0 Å². The molecule has 1 N–H and O–H groups in total. The molecule has 2 rings (SSSR count). The first kappa shape index (κ1) is 13.7. The predicted molar refractivity (Wildman–Crippen MR) is 72.5 cm³/mol. The van der Waals surface area contributed by atoms with Crippen LogP contribution in [0.5, 0.6) is 0 Å². The summed E-state index contributed by atoms with van der Waals surface area (Å²) in [5, 5.41) is 8.94. The fraction of sp³-hybridized carbons (Fsp3) is 0.615. The number of carbonyl (C=O) groups is 1. The fourth-order valence-electron chi connectivity index (χ4n) is 2.57. The molecule has 1 aliphatic rings. The monoisotopic (exact) mass is 264 g/mol. The molecule has 1 atom stereocenters. The van der Waals surface area contributed by atoms with E-state index in [0.29, 0.717) is 12.0 Å². The largest absolute Gasteiger partial charge is 0.477 e. The van der Waals surface area contributed by atoms with Gasteiger partial charge in [-0.25, -0.2) is 14.8 Å². The highest BCUT2D eigenvalue weighted by Gasteiger charge is 2.24. The molecule has 1 fully saturated rings. The minimum Gasteiger partial charge on any atom is -0.477 e. The van der Waals surface area contributed by atoms with E-state index in [1.165, 1.54) is 25.1 Å². The van der Waals surface area contributed by atoms with Crippen molar-refractivity contribution < 1.29 is 9.90 Å². The Bertz CT molecular complexity index is 452. The van der Waals surface area contributed by atoms with Crippen molar-refractivity contribution in [3.8, 4) is 0 Å². The Labute approximate surface area is 113 Å². The van der Waals surface area contributed by atoms with Crippen LogP contribution in [0.1, 0.15) is 30.3 Å². The van der Waals surface area contributed by atoms with Gasteiger partial charge >= 0.3 is 5.97 Å². The molecule has 0 spiro atoms. The molecule has 19 heavy (non-hydrogen) atoms. The molecule has 0 aliphatic carbocycles. The average Bonchev–Trinajstić information content (AvgIpc) is 2.86. The van der Waals surface area contributed by atoms with Crippen LogP contribution in [-0.4, -0.2) is 58.7 Å². The Kier molecular flexibility index (Phi) is 4.31. The zero-order valence-corrected chi connectivity index (χ0v) is 11.4. The van der Waals surface area contributed by atoms with Gasteiger partial charge in [0, 0.05) is 25.8 Å². The summed E-state index contributed by atoms with van der Waals surface area (Å²) in [5.74, 6) is -0.545. The maximum Gasteiger partial charge on any atom is 0.354 e. The second-order valence-corrected chi connectivity index (χ2v) is 4.85. The van der Waals surface area contributed by atoms with Gasteiger partial charge in [0.15, 0.2) is 5.69 Å². The van der Waals surface area contributed by atoms with Gasteiger partial charge in [-0.3, -0.25) is 4.90 Å². The summed E-state index contributed by atoms with van der Waals surface area (Å²) < 4.78 is 0. The summed E-state index contributed by atoms with van der Waals surface area (Å²) in [6.45, 7) is 5.19. The molecule has 1 saturated heterocycles. The van der Waals surface area contributed by atoms with E-state index in [0.717, 1.165) is 19.6 Å². The highest BCUT2D eigenvalue weighted by molar-refractivity contribution is 5.85. The number of likely N-dealkylation sites (tertiary alicyclic amines) is 1. The van der Waals surface area contributed by atoms with E-state index in [1.54, 1.807) is 0 Å². The average molecular weight is 264 g/mol. The Morgan fingerprint density at radius 2 is 2.42 bits per heavy atom. The van der Waals surface area contributed by atoms with Crippen LogP contribution in [0.2, 0.25) is 0 Å². The van der Waals surface area contributed by atoms with Crippen molar-refractivity contribution in [2.45, 2.75) is 25.8 Å². The number of hydrogen-bond acceptors (Lipinski definition) is 5. The number of likely N-dealkylation sites (N-methyl/N-ethyl adjacent to an activating group) is 2. The molecule has 1 aromatic rings. The Hall–Kier alpha value is -1.69. The Morgan fingerprint density at radius 3 is 3.11 bits per heavy atom. The number of aromatic carboxylic acids is 1. The molecule has 6 heteroatoms.